The summed E-state index contributed by atoms with van der Waals surface area (Å²) in [5, 5.41) is 11.3. The molecule has 0 bridgehead atoms. The molecule has 0 unspecified atom stereocenters. The van der Waals surface area contributed by atoms with Crippen LogP contribution in [0, 0.1) is 10.1 Å². The lowest BCUT2D eigenvalue weighted by Gasteiger charge is -2.32. The summed E-state index contributed by atoms with van der Waals surface area (Å²) in [5.74, 6) is -0.577. The third kappa shape index (κ3) is 5.73. The van der Waals surface area contributed by atoms with Crippen molar-refractivity contribution in [1.82, 2.24) is 4.90 Å². The van der Waals surface area contributed by atoms with Gasteiger partial charge >= 0.3 is 12.1 Å². The van der Waals surface area contributed by atoms with Crippen LogP contribution in [0.2, 0.25) is 0 Å². The average molecular weight is 452 g/mol. The number of nitro benzene ring substituents is 1. The Morgan fingerprint density at radius 3 is 2.57 bits per heavy atom. The molecule has 11 heteroatoms. The van der Waals surface area contributed by atoms with Crippen molar-refractivity contribution in [3.05, 3.63) is 45.6 Å². The summed E-state index contributed by atoms with van der Waals surface area (Å²) in [6.07, 6.45) is 1.22. The van der Waals surface area contributed by atoms with Gasteiger partial charge in [-0.2, -0.15) is 0 Å². The first-order valence-electron chi connectivity index (χ1n) is 8.16. The maximum Gasteiger partial charge on any atom is 0.414 e. The van der Waals surface area contributed by atoms with Gasteiger partial charge in [-0.25, -0.2) is 4.79 Å². The van der Waals surface area contributed by atoms with E-state index in [1.54, 1.807) is 19.9 Å². The van der Waals surface area contributed by atoms with Gasteiger partial charge in [0.05, 0.1) is 29.1 Å². The summed E-state index contributed by atoms with van der Waals surface area (Å²) in [5.41, 5.74) is 0.550. The van der Waals surface area contributed by atoms with Crippen molar-refractivity contribution in [2.24, 2.45) is 0 Å². The average Bonchev–Trinajstić information content (AvgIpc) is 2.57. The van der Waals surface area contributed by atoms with E-state index in [1.165, 1.54) is 24.4 Å². The lowest BCUT2D eigenvalue weighted by atomic mass is 9.93. The first-order chi connectivity index (χ1) is 13.0. The standard InChI is InChI=1S/C17H17Cl3N2O6/c1-10(2)28-15(23)8-14-11-4-3-5-13(22(25)26)12(11)6-7-21(14)16(24)27-9-17(18,19)20/h3-7,10,14H,8-9H2,1-2H3/t14-/m1/s1. The van der Waals surface area contributed by atoms with Crippen molar-refractivity contribution >= 4 is 58.6 Å². The minimum absolute atomic E-state index is 0.148. The van der Waals surface area contributed by atoms with Crippen LogP contribution in [0.15, 0.2) is 24.4 Å². The third-order valence-corrected chi connectivity index (χ3v) is 4.03. The third-order valence-electron chi connectivity index (χ3n) is 3.71. The largest absolute Gasteiger partial charge is 0.463 e. The first-order valence-corrected chi connectivity index (χ1v) is 9.30. The van der Waals surface area contributed by atoms with Gasteiger partial charge in [-0.15, -0.1) is 0 Å². The number of nitrogens with zero attached hydrogens (tertiary/aromatic N) is 2. The predicted octanol–water partition coefficient (Wildman–Crippen LogP) is 4.77. The van der Waals surface area contributed by atoms with Crippen LogP contribution < -0.4 is 0 Å². The molecule has 0 N–H and O–H groups in total. The molecular weight excluding hydrogens is 435 g/mol. The monoisotopic (exact) mass is 450 g/mol. The Bertz CT molecular complexity index is 807. The molecule has 152 valence electrons. The van der Waals surface area contributed by atoms with Crippen LogP contribution in [0.1, 0.15) is 37.4 Å². The molecule has 1 aromatic rings. The molecule has 1 atom stereocenters. The van der Waals surface area contributed by atoms with Crippen molar-refractivity contribution in [2.75, 3.05) is 6.61 Å². The molecule has 1 aliphatic rings. The lowest BCUT2D eigenvalue weighted by Crippen LogP contribution is -2.36. The molecule has 1 heterocycles. The van der Waals surface area contributed by atoms with Crippen molar-refractivity contribution in [2.45, 2.75) is 36.2 Å². The quantitative estimate of drug-likeness (QED) is 0.277. The minimum atomic E-state index is -1.81. The number of benzene rings is 1. The van der Waals surface area contributed by atoms with E-state index in [-0.39, 0.29) is 18.2 Å². The number of carbonyl (C=O) groups is 2. The van der Waals surface area contributed by atoms with E-state index in [1.807, 2.05) is 0 Å². The van der Waals surface area contributed by atoms with Crippen LogP contribution >= 0.6 is 34.8 Å². The SMILES string of the molecule is CC(C)OC(=O)C[C@@H]1c2cccc([N+](=O)[O-])c2C=CN1C(=O)OCC(Cl)(Cl)Cl. The molecule has 0 saturated heterocycles. The normalized spacial score (nSPS) is 15.9. The van der Waals surface area contributed by atoms with Crippen LogP contribution in [-0.4, -0.2) is 38.4 Å². The molecule has 1 amide bonds. The van der Waals surface area contributed by atoms with E-state index in [0.29, 0.717) is 11.1 Å². The Hall–Kier alpha value is -2.03. The predicted molar refractivity (Wildman–Crippen MR) is 104 cm³/mol. The summed E-state index contributed by atoms with van der Waals surface area (Å²) in [6, 6.07) is 3.52. The number of fused-ring (bicyclic) bond motifs is 1. The Labute approximate surface area is 176 Å². The number of hydrogen-bond donors (Lipinski definition) is 0. The number of nitro groups is 1. The fraction of sp³-hybridized carbons (Fsp3) is 0.412. The molecule has 0 saturated carbocycles. The smallest absolute Gasteiger partial charge is 0.414 e. The topological polar surface area (TPSA) is 99.0 Å². The molecule has 0 aromatic heterocycles. The van der Waals surface area contributed by atoms with Crippen LogP contribution in [0.5, 0.6) is 0 Å². The van der Waals surface area contributed by atoms with Gasteiger partial charge in [-0.3, -0.25) is 19.8 Å². The number of amides is 1. The summed E-state index contributed by atoms with van der Waals surface area (Å²) in [7, 11) is 0. The second kappa shape index (κ2) is 8.98. The second-order valence-corrected chi connectivity index (χ2v) is 8.70. The highest BCUT2D eigenvalue weighted by Gasteiger charge is 2.35. The van der Waals surface area contributed by atoms with Gasteiger partial charge in [0.1, 0.15) is 6.61 Å². The van der Waals surface area contributed by atoms with Crippen molar-refractivity contribution in [3.8, 4) is 0 Å². The molecule has 0 radical (unpaired) electrons. The number of alkyl halides is 3. The van der Waals surface area contributed by atoms with Gasteiger partial charge in [0.2, 0.25) is 3.79 Å². The highest BCUT2D eigenvalue weighted by molar-refractivity contribution is 6.67. The number of halogens is 3. The summed E-state index contributed by atoms with van der Waals surface area (Å²) in [4.78, 5) is 36.6. The maximum absolute atomic E-state index is 12.5. The zero-order valence-corrected chi connectivity index (χ0v) is 17.2. The molecule has 2 rings (SSSR count). The Morgan fingerprint density at radius 2 is 2.00 bits per heavy atom. The fourth-order valence-corrected chi connectivity index (χ4v) is 2.86. The summed E-state index contributed by atoms with van der Waals surface area (Å²) >= 11 is 16.8. The molecular formula is C17H17Cl3N2O6. The minimum Gasteiger partial charge on any atom is -0.463 e. The van der Waals surface area contributed by atoms with Crippen LogP contribution in [0.3, 0.4) is 0 Å². The molecule has 1 aromatic carbocycles. The van der Waals surface area contributed by atoms with Crippen molar-refractivity contribution < 1.29 is 24.0 Å². The summed E-state index contributed by atoms with van der Waals surface area (Å²) < 4.78 is 8.33. The molecule has 28 heavy (non-hydrogen) atoms. The Balaban J connectivity index is 2.38. The molecule has 0 aliphatic carbocycles. The van der Waals surface area contributed by atoms with Gasteiger partial charge in [0.25, 0.3) is 5.69 Å². The Morgan fingerprint density at radius 1 is 1.32 bits per heavy atom. The van der Waals surface area contributed by atoms with E-state index in [9.17, 15) is 19.7 Å². The fourth-order valence-electron chi connectivity index (χ4n) is 2.69. The molecule has 0 spiro atoms. The maximum atomic E-state index is 12.5. The van der Waals surface area contributed by atoms with E-state index in [0.717, 1.165) is 4.90 Å². The van der Waals surface area contributed by atoms with E-state index >= 15 is 0 Å². The van der Waals surface area contributed by atoms with Gasteiger partial charge in [-0.05, 0) is 25.5 Å². The van der Waals surface area contributed by atoms with E-state index in [2.05, 4.69) is 0 Å². The molecule has 8 nitrogen and oxygen atoms in total. The van der Waals surface area contributed by atoms with E-state index in [4.69, 9.17) is 44.3 Å². The van der Waals surface area contributed by atoms with Crippen LogP contribution in [0.25, 0.3) is 6.08 Å². The van der Waals surface area contributed by atoms with Gasteiger partial charge in [-0.1, -0.05) is 46.9 Å². The van der Waals surface area contributed by atoms with Gasteiger partial charge in [0.15, 0.2) is 0 Å². The first kappa shape index (κ1) is 22.3. The van der Waals surface area contributed by atoms with Crippen LogP contribution in [0.4, 0.5) is 10.5 Å². The summed E-state index contributed by atoms with van der Waals surface area (Å²) in [6.45, 7) is 2.86. The van der Waals surface area contributed by atoms with Crippen molar-refractivity contribution in [1.29, 1.82) is 0 Å². The van der Waals surface area contributed by atoms with Gasteiger partial charge in [0, 0.05) is 12.3 Å². The number of carbonyl (C=O) groups excluding carboxylic acids is 2. The van der Waals surface area contributed by atoms with Crippen LogP contribution in [-0.2, 0) is 14.3 Å². The number of hydrogen-bond acceptors (Lipinski definition) is 6. The van der Waals surface area contributed by atoms with Crippen molar-refractivity contribution in [3.63, 3.8) is 0 Å². The number of rotatable bonds is 5. The zero-order chi connectivity index (χ0) is 21.1. The van der Waals surface area contributed by atoms with Gasteiger partial charge < -0.3 is 9.47 Å². The Kier molecular flexibility index (Phi) is 7.14. The van der Waals surface area contributed by atoms with E-state index < -0.39 is 33.4 Å². The highest BCUT2D eigenvalue weighted by Crippen LogP contribution is 2.38. The number of esters is 1. The zero-order valence-electron chi connectivity index (χ0n) is 14.9. The number of ether oxygens (including phenoxy) is 2. The molecule has 1 aliphatic heterocycles. The highest BCUT2D eigenvalue weighted by atomic mass is 35.6. The molecule has 0 fully saturated rings. The second-order valence-electron chi connectivity index (χ2n) is 6.19. The lowest BCUT2D eigenvalue weighted by molar-refractivity contribution is -0.385.